The Kier molecular flexibility index (Phi) is 9.63. The molecule has 0 aliphatic rings. The van der Waals surface area contributed by atoms with Crippen LogP contribution in [0.5, 0.6) is 0 Å². The summed E-state index contributed by atoms with van der Waals surface area (Å²) in [5.74, 6) is -0.787. The first kappa shape index (κ1) is 20.8. The summed E-state index contributed by atoms with van der Waals surface area (Å²) < 4.78 is 10.3. The van der Waals surface area contributed by atoms with Crippen molar-refractivity contribution >= 4 is 40.7 Å². The van der Waals surface area contributed by atoms with E-state index < -0.39 is 16.9 Å². The summed E-state index contributed by atoms with van der Waals surface area (Å²) in [6, 6.07) is 0. The quantitative estimate of drug-likeness (QED) is 0.446. The normalized spacial score (nSPS) is 12.9. The SMILES string of the molecule is CON(C)C(=O)CC(SP(=S)(OC)OC)C(=O)N(C)OC. The molecule has 0 radical (unpaired) electrons. The molecule has 0 heterocycles. The van der Waals surface area contributed by atoms with Crippen molar-refractivity contribution < 1.29 is 28.3 Å². The van der Waals surface area contributed by atoms with Crippen molar-refractivity contribution in [2.75, 3.05) is 42.5 Å². The molecule has 0 aliphatic heterocycles. The van der Waals surface area contributed by atoms with E-state index in [1.807, 2.05) is 0 Å². The van der Waals surface area contributed by atoms with Gasteiger partial charge in [0.25, 0.3) is 5.91 Å². The predicted octanol–water partition coefficient (Wildman–Crippen LogP) is 1.04. The maximum Gasteiger partial charge on any atom is 0.260 e. The molecule has 0 aromatic rings. The van der Waals surface area contributed by atoms with Gasteiger partial charge in [-0.3, -0.25) is 19.3 Å². The van der Waals surface area contributed by atoms with E-state index in [1.165, 1.54) is 42.5 Å². The molecule has 0 saturated heterocycles. The molecule has 1 unspecified atom stereocenters. The number of hydrogen-bond acceptors (Lipinski definition) is 8. The third-order valence-corrected chi connectivity index (χ3v) is 8.43. The highest BCUT2D eigenvalue weighted by Crippen LogP contribution is 2.62. The summed E-state index contributed by atoms with van der Waals surface area (Å²) in [6.07, 6.45) is -0.118. The van der Waals surface area contributed by atoms with Gasteiger partial charge in [-0.25, -0.2) is 10.1 Å². The molecule has 1 atom stereocenters. The van der Waals surface area contributed by atoms with Crippen LogP contribution in [0.25, 0.3) is 0 Å². The summed E-state index contributed by atoms with van der Waals surface area (Å²) in [7, 11) is 8.42. The molecule has 0 aliphatic carbocycles. The average molecular weight is 360 g/mol. The number of amides is 2. The van der Waals surface area contributed by atoms with Crippen molar-refractivity contribution in [1.82, 2.24) is 10.1 Å². The Balaban J connectivity index is 5.15. The van der Waals surface area contributed by atoms with Crippen LogP contribution in [-0.4, -0.2) is 69.7 Å². The predicted molar refractivity (Wildman–Crippen MR) is 83.9 cm³/mol. The molecule has 8 nitrogen and oxygen atoms in total. The van der Waals surface area contributed by atoms with Crippen molar-refractivity contribution in [2.24, 2.45) is 0 Å². The third kappa shape index (κ3) is 6.60. The lowest BCUT2D eigenvalue weighted by Crippen LogP contribution is -2.38. The Labute approximate surface area is 133 Å². The highest BCUT2D eigenvalue weighted by atomic mass is 32.9. The van der Waals surface area contributed by atoms with Crippen molar-refractivity contribution in [3.05, 3.63) is 0 Å². The first-order valence-corrected chi connectivity index (χ1v) is 9.89. The van der Waals surface area contributed by atoms with Gasteiger partial charge >= 0.3 is 0 Å². The number of rotatable bonds is 9. The number of carbonyl (C=O) groups excluding carboxylic acids is 2. The van der Waals surface area contributed by atoms with E-state index in [1.54, 1.807) is 0 Å². The number of nitrogens with zero attached hydrogens (tertiary/aromatic N) is 2. The molecule has 0 aromatic carbocycles. The van der Waals surface area contributed by atoms with Crippen LogP contribution in [0, 0.1) is 0 Å². The molecule has 124 valence electrons. The van der Waals surface area contributed by atoms with Gasteiger partial charge in [-0.1, -0.05) is 11.4 Å². The fraction of sp³-hybridized carbons (Fsp3) is 0.800. The molecule has 11 heteroatoms. The molecule has 0 rings (SSSR count). The summed E-state index contributed by atoms with van der Waals surface area (Å²) in [5, 5.41) is 1.27. The van der Waals surface area contributed by atoms with Gasteiger partial charge in [0.05, 0.1) is 20.6 Å². The van der Waals surface area contributed by atoms with Crippen LogP contribution in [0.3, 0.4) is 0 Å². The molecule has 0 saturated carbocycles. The number of hydrogen-bond donors (Lipinski definition) is 0. The molecule has 21 heavy (non-hydrogen) atoms. The van der Waals surface area contributed by atoms with Gasteiger partial charge < -0.3 is 9.05 Å². The Bertz CT molecular complexity index is 403. The molecule has 0 bridgehead atoms. The van der Waals surface area contributed by atoms with Crippen LogP contribution < -0.4 is 0 Å². The Morgan fingerprint density at radius 1 is 1.10 bits per heavy atom. The van der Waals surface area contributed by atoms with E-state index >= 15 is 0 Å². The summed E-state index contributed by atoms with van der Waals surface area (Å²) in [4.78, 5) is 33.8. The van der Waals surface area contributed by atoms with Crippen molar-refractivity contribution in [2.45, 2.75) is 11.7 Å². The fourth-order valence-electron chi connectivity index (χ4n) is 1.17. The van der Waals surface area contributed by atoms with E-state index in [0.717, 1.165) is 21.5 Å². The minimum atomic E-state index is -2.70. The van der Waals surface area contributed by atoms with Gasteiger partial charge in [0.15, 0.2) is 0 Å². The van der Waals surface area contributed by atoms with Crippen LogP contribution in [0.4, 0.5) is 0 Å². The summed E-state index contributed by atoms with van der Waals surface area (Å²) >= 11 is 6.24. The molecule has 0 aromatic heterocycles. The summed E-state index contributed by atoms with van der Waals surface area (Å²) in [5.41, 5.74) is -2.70. The van der Waals surface area contributed by atoms with Crippen LogP contribution in [0.15, 0.2) is 0 Å². The maximum atomic E-state index is 12.3. The highest BCUT2D eigenvalue weighted by molar-refractivity contribution is 8.68. The van der Waals surface area contributed by atoms with Crippen molar-refractivity contribution in [1.29, 1.82) is 0 Å². The lowest BCUT2D eigenvalue weighted by molar-refractivity contribution is -0.174. The first-order chi connectivity index (χ1) is 9.74. The van der Waals surface area contributed by atoms with E-state index in [-0.39, 0.29) is 12.3 Å². The van der Waals surface area contributed by atoms with Crippen LogP contribution in [0.2, 0.25) is 0 Å². The van der Waals surface area contributed by atoms with Gasteiger partial charge in [-0.05, 0) is 11.8 Å². The van der Waals surface area contributed by atoms with Gasteiger partial charge in [0.2, 0.25) is 11.6 Å². The molecule has 0 N–H and O–H groups in total. The smallest absolute Gasteiger partial charge is 0.260 e. The maximum absolute atomic E-state index is 12.3. The zero-order valence-electron chi connectivity index (χ0n) is 12.9. The Hall–Kier alpha value is -0.220. The minimum Gasteiger partial charge on any atom is -0.325 e. The van der Waals surface area contributed by atoms with Crippen molar-refractivity contribution in [3.8, 4) is 0 Å². The second-order valence-corrected chi connectivity index (χ2v) is 10.3. The van der Waals surface area contributed by atoms with Gasteiger partial charge in [-0.2, -0.15) is 0 Å². The fourth-order valence-corrected chi connectivity index (χ4v) is 5.14. The standard InChI is InChI=1S/C10H21N2O6PS2/c1-11(15-3)9(13)7-8(10(14)12(2)16-4)21-19(20,17-5)18-6/h8H,7H2,1-6H3. The number of hydroxylamine groups is 4. The molecule has 0 fully saturated rings. The van der Waals surface area contributed by atoms with E-state index in [0.29, 0.717) is 0 Å². The lowest BCUT2D eigenvalue weighted by Gasteiger charge is -2.26. The zero-order chi connectivity index (χ0) is 16.6. The minimum absolute atomic E-state index is 0.118. The van der Waals surface area contributed by atoms with Crippen LogP contribution >= 0.6 is 17.1 Å². The Morgan fingerprint density at radius 3 is 1.95 bits per heavy atom. The van der Waals surface area contributed by atoms with Gasteiger partial charge in [0, 0.05) is 28.3 Å². The molecular formula is C10H21N2O6PS2. The Morgan fingerprint density at radius 2 is 1.57 bits per heavy atom. The van der Waals surface area contributed by atoms with Gasteiger partial charge in [-0.15, -0.1) is 0 Å². The van der Waals surface area contributed by atoms with Crippen LogP contribution in [0.1, 0.15) is 6.42 Å². The third-order valence-electron chi connectivity index (χ3n) is 2.55. The first-order valence-electron chi connectivity index (χ1n) is 5.76. The number of carbonyl (C=O) groups is 2. The second-order valence-electron chi connectivity index (χ2n) is 3.70. The second kappa shape index (κ2) is 9.73. The highest BCUT2D eigenvalue weighted by Gasteiger charge is 2.33. The van der Waals surface area contributed by atoms with E-state index in [9.17, 15) is 9.59 Å². The largest absolute Gasteiger partial charge is 0.325 e. The average Bonchev–Trinajstić information content (AvgIpc) is 2.51. The molecular weight excluding hydrogens is 339 g/mol. The van der Waals surface area contributed by atoms with E-state index in [4.69, 9.17) is 30.5 Å². The summed E-state index contributed by atoms with van der Waals surface area (Å²) in [6.45, 7) is 0. The zero-order valence-corrected chi connectivity index (χ0v) is 15.4. The van der Waals surface area contributed by atoms with Gasteiger partial charge in [0.1, 0.15) is 5.25 Å². The van der Waals surface area contributed by atoms with Crippen molar-refractivity contribution in [3.63, 3.8) is 0 Å². The molecule has 2 amide bonds. The topological polar surface area (TPSA) is 77.5 Å². The lowest BCUT2D eigenvalue weighted by atomic mass is 10.2. The van der Waals surface area contributed by atoms with Crippen LogP contribution in [-0.2, 0) is 40.1 Å². The molecule has 0 spiro atoms. The van der Waals surface area contributed by atoms with E-state index in [2.05, 4.69) is 0 Å². The monoisotopic (exact) mass is 360 g/mol.